The quantitative estimate of drug-likeness (QED) is 0.668. The van der Waals surface area contributed by atoms with Gasteiger partial charge in [-0.05, 0) is 50.3 Å². The summed E-state index contributed by atoms with van der Waals surface area (Å²) in [6.07, 6.45) is 3.80. The van der Waals surface area contributed by atoms with Crippen molar-refractivity contribution in [2.45, 2.75) is 38.6 Å². The number of carbonyl (C=O) groups excluding carboxylic acids is 3. The number of nitrogens with two attached hydrogens (primary N) is 1. The van der Waals surface area contributed by atoms with Crippen molar-refractivity contribution in [3.63, 3.8) is 0 Å². The number of imidazole rings is 1. The molecule has 0 radical (unpaired) electrons. The van der Waals surface area contributed by atoms with E-state index in [0.717, 1.165) is 0 Å². The Labute approximate surface area is 178 Å². The van der Waals surface area contributed by atoms with Crippen molar-refractivity contribution in [3.05, 3.63) is 46.3 Å². The highest BCUT2D eigenvalue weighted by Crippen LogP contribution is 2.35. The Morgan fingerprint density at radius 2 is 1.90 bits per heavy atom. The third kappa shape index (κ3) is 4.30. The van der Waals surface area contributed by atoms with Crippen molar-refractivity contribution in [1.82, 2.24) is 14.9 Å². The lowest BCUT2D eigenvalue weighted by molar-refractivity contribution is -0.121. The van der Waals surface area contributed by atoms with Crippen molar-refractivity contribution in [1.29, 1.82) is 0 Å². The smallest absolute Gasteiger partial charge is 0.272 e. The van der Waals surface area contributed by atoms with Gasteiger partial charge >= 0.3 is 0 Å². The summed E-state index contributed by atoms with van der Waals surface area (Å²) in [6.45, 7) is 1.60. The van der Waals surface area contributed by atoms with E-state index in [1.54, 1.807) is 11.5 Å². The summed E-state index contributed by atoms with van der Waals surface area (Å²) in [4.78, 5) is 40.5. The first-order chi connectivity index (χ1) is 14.2. The highest BCUT2D eigenvalue weighted by molar-refractivity contribution is 6.33. The van der Waals surface area contributed by atoms with Crippen LogP contribution in [-0.2, 0) is 4.79 Å². The van der Waals surface area contributed by atoms with E-state index in [0.29, 0.717) is 36.9 Å². The van der Waals surface area contributed by atoms with Crippen LogP contribution in [0.5, 0.6) is 0 Å². The van der Waals surface area contributed by atoms with Gasteiger partial charge in [0.2, 0.25) is 5.91 Å². The average Bonchev–Trinajstić information content (AvgIpc) is 3.17. The SMILES string of the molecule is CNC(=O)c1ncn(C2CCC(C(=O)Nc3cc(C)c(F)cc3Cl)CC2)c1C(N)=O. The van der Waals surface area contributed by atoms with Gasteiger partial charge in [-0.2, -0.15) is 0 Å². The van der Waals surface area contributed by atoms with Crippen LogP contribution in [0.1, 0.15) is 58.3 Å². The maximum atomic E-state index is 13.6. The molecule has 0 spiro atoms. The minimum atomic E-state index is -0.729. The number of aryl methyl sites for hydroxylation is 1. The highest BCUT2D eigenvalue weighted by Gasteiger charge is 2.31. The number of nitrogens with one attached hydrogen (secondary N) is 2. The molecule has 8 nitrogen and oxygen atoms in total. The maximum absolute atomic E-state index is 13.6. The Morgan fingerprint density at radius 3 is 2.50 bits per heavy atom. The van der Waals surface area contributed by atoms with E-state index in [1.165, 1.54) is 25.5 Å². The van der Waals surface area contributed by atoms with Gasteiger partial charge in [0, 0.05) is 19.0 Å². The van der Waals surface area contributed by atoms with E-state index in [4.69, 9.17) is 17.3 Å². The van der Waals surface area contributed by atoms with Crippen LogP contribution >= 0.6 is 11.6 Å². The molecule has 0 unspecified atom stereocenters. The van der Waals surface area contributed by atoms with Gasteiger partial charge in [0.05, 0.1) is 17.0 Å². The van der Waals surface area contributed by atoms with Crippen LogP contribution in [0.15, 0.2) is 18.5 Å². The van der Waals surface area contributed by atoms with E-state index in [1.807, 2.05) is 0 Å². The largest absolute Gasteiger partial charge is 0.364 e. The van der Waals surface area contributed by atoms with Gasteiger partial charge < -0.3 is 20.9 Å². The number of rotatable bonds is 5. The molecule has 0 aliphatic heterocycles. The van der Waals surface area contributed by atoms with Gasteiger partial charge in [0.1, 0.15) is 11.5 Å². The third-order valence-corrected chi connectivity index (χ3v) is 5.75. The van der Waals surface area contributed by atoms with Gasteiger partial charge in [-0.15, -0.1) is 0 Å². The Kier molecular flexibility index (Phi) is 6.40. The summed E-state index contributed by atoms with van der Waals surface area (Å²) in [5.74, 6) is -2.08. The minimum absolute atomic E-state index is 0.00816. The monoisotopic (exact) mass is 435 g/mol. The van der Waals surface area contributed by atoms with Crippen LogP contribution in [0.2, 0.25) is 5.02 Å². The number of aromatic nitrogens is 2. The first kappa shape index (κ1) is 21.8. The van der Waals surface area contributed by atoms with Crippen molar-refractivity contribution >= 4 is 35.0 Å². The molecule has 4 N–H and O–H groups in total. The number of hydrogen-bond donors (Lipinski definition) is 3. The van der Waals surface area contributed by atoms with Gasteiger partial charge in [0.25, 0.3) is 11.8 Å². The van der Waals surface area contributed by atoms with Gasteiger partial charge in [-0.3, -0.25) is 14.4 Å². The average molecular weight is 436 g/mol. The fourth-order valence-corrected chi connectivity index (χ4v) is 3.97. The second kappa shape index (κ2) is 8.83. The fourth-order valence-electron chi connectivity index (χ4n) is 3.77. The predicted molar refractivity (Wildman–Crippen MR) is 110 cm³/mol. The van der Waals surface area contributed by atoms with E-state index in [-0.39, 0.29) is 34.3 Å². The van der Waals surface area contributed by atoms with Crippen LogP contribution in [0.25, 0.3) is 0 Å². The standard InChI is InChI=1S/C20H23ClFN5O3/c1-10-7-15(13(21)8-14(10)22)26-19(29)11-3-5-12(6-4-11)27-9-25-16(20(30)24-2)17(27)18(23)28/h7-9,11-12H,3-6H2,1-2H3,(H2,23,28)(H,24,30)(H,26,29). The van der Waals surface area contributed by atoms with Crippen LogP contribution < -0.4 is 16.4 Å². The Hall–Kier alpha value is -2.94. The molecule has 160 valence electrons. The molecule has 1 aromatic carbocycles. The third-order valence-electron chi connectivity index (χ3n) is 5.44. The minimum Gasteiger partial charge on any atom is -0.364 e. The van der Waals surface area contributed by atoms with Crippen molar-refractivity contribution < 1.29 is 18.8 Å². The molecule has 10 heteroatoms. The Morgan fingerprint density at radius 1 is 1.23 bits per heavy atom. The van der Waals surface area contributed by atoms with E-state index in [9.17, 15) is 18.8 Å². The maximum Gasteiger partial charge on any atom is 0.272 e. The first-order valence-corrected chi connectivity index (χ1v) is 9.96. The zero-order valence-corrected chi connectivity index (χ0v) is 17.4. The zero-order valence-electron chi connectivity index (χ0n) is 16.7. The van der Waals surface area contributed by atoms with Gasteiger partial charge in [-0.25, -0.2) is 9.37 Å². The molecule has 0 atom stereocenters. The number of benzene rings is 1. The lowest BCUT2D eigenvalue weighted by atomic mass is 9.85. The van der Waals surface area contributed by atoms with Crippen LogP contribution in [-0.4, -0.2) is 34.3 Å². The normalized spacial score (nSPS) is 18.7. The van der Waals surface area contributed by atoms with E-state index >= 15 is 0 Å². The Balaban J connectivity index is 1.69. The molecule has 3 amide bonds. The summed E-state index contributed by atoms with van der Waals surface area (Å²) in [7, 11) is 1.45. The molecular formula is C20H23ClFN5O3. The molecule has 1 heterocycles. The summed E-state index contributed by atoms with van der Waals surface area (Å²) >= 11 is 6.03. The summed E-state index contributed by atoms with van der Waals surface area (Å²) in [6, 6.07) is 2.59. The Bertz CT molecular complexity index is 999. The number of carbonyl (C=O) groups is 3. The molecule has 1 saturated carbocycles. The van der Waals surface area contributed by atoms with Gasteiger partial charge in [0.15, 0.2) is 5.69 Å². The summed E-state index contributed by atoms with van der Waals surface area (Å²) < 4.78 is 15.2. The van der Waals surface area contributed by atoms with E-state index < -0.39 is 17.6 Å². The number of nitrogens with zero attached hydrogens (tertiary/aromatic N) is 2. The topological polar surface area (TPSA) is 119 Å². The first-order valence-electron chi connectivity index (χ1n) is 9.58. The number of amides is 3. The molecule has 2 aromatic rings. The molecule has 3 rings (SSSR count). The fraction of sp³-hybridized carbons (Fsp3) is 0.400. The number of hydrogen-bond acceptors (Lipinski definition) is 4. The van der Waals surface area contributed by atoms with Crippen molar-refractivity contribution in [2.75, 3.05) is 12.4 Å². The van der Waals surface area contributed by atoms with E-state index in [2.05, 4.69) is 15.6 Å². The van der Waals surface area contributed by atoms with Crippen molar-refractivity contribution in [2.24, 2.45) is 11.7 Å². The number of halogens is 2. The van der Waals surface area contributed by atoms with Crippen LogP contribution in [0, 0.1) is 18.7 Å². The summed E-state index contributed by atoms with van der Waals surface area (Å²) in [5.41, 5.74) is 6.30. The molecule has 30 heavy (non-hydrogen) atoms. The molecule has 1 aliphatic rings. The summed E-state index contributed by atoms with van der Waals surface area (Å²) in [5, 5.41) is 5.36. The lowest BCUT2D eigenvalue weighted by Crippen LogP contribution is -2.30. The van der Waals surface area contributed by atoms with Gasteiger partial charge in [-0.1, -0.05) is 11.6 Å². The number of anilines is 1. The molecule has 1 aromatic heterocycles. The van der Waals surface area contributed by atoms with Crippen LogP contribution in [0.4, 0.5) is 10.1 Å². The second-order valence-electron chi connectivity index (χ2n) is 7.37. The molecule has 1 aliphatic carbocycles. The molecule has 0 bridgehead atoms. The number of primary amides is 1. The zero-order chi connectivity index (χ0) is 22.0. The highest BCUT2D eigenvalue weighted by atomic mass is 35.5. The molecule has 1 fully saturated rings. The lowest BCUT2D eigenvalue weighted by Gasteiger charge is -2.29. The predicted octanol–water partition coefficient (Wildman–Crippen LogP) is 2.81. The van der Waals surface area contributed by atoms with Crippen molar-refractivity contribution in [3.8, 4) is 0 Å². The molecule has 0 saturated heterocycles. The molecular weight excluding hydrogens is 413 g/mol. The second-order valence-corrected chi connectivity index (χ2v) is 7.78. The van der Waals surface area contributed by atoms with Crippen LogP contribution in [0.3, 0.4) is 0 Å².